The topological polar surface area (TPSA) is 28.2 Å². The van der Waals surface area contributed by atoms with E-state index in [1.54, 1.807) is 6.20 Å². The molecule has 0 amide bonds. The molecule has 1 saturated heterocycles. The quantitative estimate of drug-likeness (QED) is 0.876. The molecule has 1 aromatic rings. The van der Waals surface area contributed by atoms with Gasteiger partial charge < -0.3 is 10.2 Å². The maximum Gasteiger partial charge on any atom is 0.144 e. The number of pyridine rings is 1. The highest BCUT2D eigenvalue weighted by molar-refractivity contribution is 6.32. The lowest BCUT2D eigenvalue weighted by molar-refractivity contribution is 0.327. The molecule has 4 heteroatoms. The molecule has 0 radical (unpaired) electrons. The third-order valence-electron chi connectivity index (χ3n) is 2.87. The van der Waals surface area contributed by atoms with E-state index in [4.69, 9.17) is 11.6 Å². The highest BCUT2D eigenvalue weighted by Gasteiger charge is 2.15. The summed E-state index contributed by atoms with van der Waals surface area (Å²) in [6.07, 6.45) is 4.42. The number of hydrogen-bond acceptors (Lipinski definition) is 3. The van der Waals surface area contributed by atoms with E-state index in [0.29, 0.717) is 11.1 Å². The average molecular weight is 240 g/mol. The van der Waals surface area contributed by atoms with E-state index in [1.165, 1.54) is 25.9 Å². The Morgan fingerprint density at radius 3 is 2.94 bits per heavy atom. The zero-order valence-corrected chi connectivity index (χ0v) is 10.4. The van der Waals surface area contributed by atoms with E-state index in [2.05, 4.69) is 22.1 Å². The van der Waals surface area contributed by atoms with Gasteiger partial charge in [-0.3, -0.25) is 0 Å². The van der Waals surface area contributed by atoms with E-state index in [0.717, 1.165) is 12.4 Å². The van der Waals surface area contributed by atoms with Gasteiger partial charge in [-0.25, -0.2) is 4.98 Å². The van der Waals surface area contributed by atoms with Crippen molar-refractivity contribution in [1.82, 2.24) is 9.88 Å². The Hall–Kier alpha value is -0.800. The Labute approximate surface area is 102 Å². The Morgan fingerprint density at radius 1 is 1.50 bits per heavy atom. The number of halogens is 1. The smallest absolute Gasteiger partial charge is 0.144 e. The van der Waals surface area contributed by atoms with Crippen molar-refractivity contribution in [2.75, 3.05) is 25.0 Å². The molecule has 0 spiro atoms. The summed E-state index contributed by atoms with van der Waals surface area (Å²) >= 11 is 6.05. The first-order valence-electron chi connectivity index (χ1n) is 5.85. The summed E-state index contributed by atoms with van der Waals surface area (Å²) in [5, 5.41) is 4.04. The van der Waals surface area contributed by atoms with Gasteiger partial charge in [0.25, 0.3) is 0 Å². The van der Waals surface area contributed by atoms with E-state index in [1.807, 2.05) is 12.1 Å². The fourth-order valence-corrected chi connectivity index (χ4v) is 2.30. The molecule has 2 heterocycles. The summed E-state index contributed by atoms with van der Waals surface area (Å²) in [6.45, 7) is 5.68. The number of aromatic nitrogens is 1. The van der Waals surface area contributed by atoms with Gasteiger partial charge in [0.1, 0.15) is 5.82 Å². The standard InChI is InChI=1S/C12H18ClN3/c1-10(9-16-7-2-3-8-16)15-12-11(13)5-4-6-14-12/h4-6,10H,2-3,7-9H2,1H3,(H,14,15). The lowest BCUT2D eigenvalue weighted by Crippen LogP contribution is -2.33. The number of nitrogens with one attached hydrogen (secondary N) is 1. The Balaban J connectivity index is 1.86. The van der Waals surface area contributed by atoms with Gasteiger partial charge in [-0.05, 0) is 45.0 Å². The normalized spacial score (nSPS) is 18.6. The number of nitrogens with zero attached hydrogens (tertiary/aromatic N) is 2. The maximum absolute atomic E-state index is 6.05. The fourth-order valence-electron chi connectivity index (χ4n) is 2.12. The van der Waals surface area contributed by atoms with Crippen molar-refractivity contribution in [3.05, 3.63) is 23.4 Å². The molecule has 1 unspecified atom stereocenters. The summed E-state index contributed by atoms with van der Waals surface area (Å²) < 4.78 is 0. The van der Waals surface area contributed by atoms with Crippen molar-refractivity contribution in [3.8, 4) is 0 Å². The molecular formula is C12H18ClN3. The number of anilines is 1. The number of rotatable bonds is 4. The van der Waals surface area contributed by atoms with Crippen LogP contribution in [0.2, 0.25) is 5.02 Å². The van der Waals surface area contributed by atoms with Crippen LogP contribution in [-0.4, -0.2) is 35.6 Å². The van der Waals surface area contributed by atoms with Crippen LogP contribution in [0, 0.1) is 0 Å². The van der Waals surface area contributed by atoms with Crippen LogP contribution in [0.25, 0.3) is 0 Å². The van der Waals surface area contributed by atoms with E-state index >= 15 is 0 Å². The first-order valence-corrected chi connectivity index (χ1v) is 6.23. The van der Waals surface area contributed by atoms with Crippen LogP contribution in [0.4, 0.5) is 5.82 Å². The van der Waals surface area contributed by atoms with Gasteiger partial charge in [-0.2, -0.15) is 0 Å². The summed E-state index contributed by atoms with van der Waals surface area (Å²) in [7, 11) is 0. The molecule has 1 aromatic heterocycles. The second kappa shape index (κ2) is 5.51. The molecule has 1 aliphatic rings. The van der Waals surface area contributed by atoms with Crippen LogP contribution >= 0.6 is 11.6 Å². The van der Waals surface area contributed by atoms with Crippen LogP contribution in [0.3, 0.4) is 0 Å². The molecule has 1 N–H and O–H groups in total. The minimum absolute atomic E-state index is 0.380. The maximum atomic E-state index is 6.05. The average Bonchev–Trinajstić information content (AvgIpc) is 2.74. The third kappa shape index (κ3) is 3.09. The van der Waals surface area contributed by atoms with Crippen molar-refractivity contribution in [2.45, 2.75) is 25.8 Å². The summed E-state index contributed by atoms with van der Waals surface area (Å²) in [5.41, 5.74) is 0. The molecule has 0 aliphatic carbocycles. The second-order valence-corrected chi connectivity index (χ2v) is 4.79. The van der Waals surface area contributed by atoms with Crippen LogP contribution in [-0.2, 0) is 0 Å². The van der Waals surface area contributed by atoms with Gasteiger partial charge in [0.15, 0.2) is 0 Å². The predicted molar refractivity (Wildman–Crippen MR) is 68.0 cm³/mol. The van der Waals surface area contributed by atoms with Crippen molar-refractivity contribution < 1.29 is 0 Å². The molecule has 0 bridgehead atoms. The van der Waals surface area contributed by atoms with Crippen molar-refractivity contribution in [3.63, 3.8) is 0 Å². The molecule has 3 nitrogen and oxygen atoms in total. The SMILES string of the molecule is CC(CN1CCCC1)Nc1ncccc1Cl. The molecule has 1 fully saturated rings. The van der Waals surface area contributed by atoms with Crippen LogP contribution in [0.15, 0.2) is 18.3 Å². The third-order valence-corrected chi connectivity index (χ3v) is 3.18. The summed E-state index contributed by atoms with van der Waals surface area (Å²) in [5.74, 6) is 0.788. The van der Waals surface area contributed by atoms with Crippen LogP contribution < -0.4 is 5.32 Å². The molecule has 1 aliphatic heterocycles. The number of hydrogen-bond donors (Lipinski definition) is 1. The minimum Gasteiger partial charge on any atom is -0.365 e. The van der Waals surface area contributed by atoms with Gasteiger partial charge in [-0.15, -0.1) is 0 Å². The first kappa shape index (κ1) is 11.7. The molecule has 16 heavy (non-hydrogen) atoms. The Bertz CT molecular complexity index is 337. The van der Waals surface area contributed by atoms with Crippen molar-refractivity contribution in [1.29, 1.82) is 0 Å². The van der Waals surface area contributed by atoms with Gasteiger partial charge in [0.2, 0.25) is 0 Å². The Morgan fingerprint density at radius 2 is 2.25 bits per heavy atom. The van der Waals surface area contributed by atoms with Crippen molar-refractivity contribution >= 4 is 17.4 Å². The monoisotopic (exact) mass is 239 g/mol. The largest absolute Gasteiger partial charge is 0.365 e. The minimum atomic E-state index is 0.380. The highest BCUT2D eigenvalue weighted by Crippen LogP contribution is 2.18. The Kier molecular flexibility index (Phi) is 4.02. The first-order chi connectivity index (χ1) is 7.75. The lowest BCUT2D eigenvalue weighted by atomic mass is 10.3. The van der Waals surface area contributed by atoms with Gasteiger partial charge in [0, 0.05) is 18.8 Å². The van der Waals surface area contributed by atoms with Gasteiger partial charge in [-0.1, -0.05) is 11.6 Å². The fraction of sp³-hybridized carbons (Fsp3) is 0.583. The van der Waals surface area contributed by atoms with E-state index < -0.39 is 0 Å². The van der Waals surface area contributed by atoms with Crippen molar-refractivity contribution in [2.24, 2.45) is 0 Å². The van der Waals surface area contributed by atoms with Gasteiger partial charge >= 0.3 is 0 Å². The molecule has 0 aromatic carbocycles. The number of likely N-dealkylation sites (tertiary alicyclic amines) is 1. The molecular weight excluding hydrogens is 222 g/mol. The summed E-state index contributed by atoms with van der Waals surface area (Å²) in [6, 6.07) is 4.09. The van der Waals surface area contributed by atoms with Crippen LogP contribution in [0.5, 0.6) is 0 Å². The lowest BCUT2D eigenvalue weighted by Gasteiger charge is -2.21. The van der Waals surface area contributed by atoms with E-state index in [9.17, 15) is 0 Å². The van der Waals surface area contributed by atoms with Gasteiger partial charge in [0.05, 0.1) is 5.02 Å². The molecule has 2 rings (SSSR count). The zero-order valence-electron chi connectivity index (χ0n) is 9.62. The zero-order chi connectivity index (χ0) is 11.4. The predicted octanol–water partition coefficient (Wildman–Crippen LogP) is 2.63. The molecule has 88 valence electrons. The van der Waals surface area contributed by atoms with E-state index in [-0.39, 0.29) is 0 Å². The molecule has 1 atom stereocenters. The second-order valence-electron chi connectivity index (χ2n) is 4.39. The molecule has 0 saturated carbocycles. The summed E-state index contributed by atoms with van der Waals surface area (Å²) in [4.78, 5) is 6.71. The highest BCUT2D eigenvalue weighted by atomic mass is 35.5. The van der Waals surface area contributed by atoms with Crippen LogP contribution in [0.1, 0.15) is 19.8 Å².